The van der Waals surface area contributed by atoms with E-state index in [1.165, 1.54) is 3.57 Å². The standard InChI is InChI=1S/C14H16INO/c1-3-12(16-2)14-8-7-13(17-14)10-5-4-6-11(15)9-10/h4-9,12,16H,3H2,1-2H3. The van der Waals surface area contributed by atoms with Gasteiger partial charge in [-0.25, -0.2) is 0 Å². The molecule has 2 aromatic rings. The van der Waals surface area contributed by atoms with Gasteiger partial charge in [-0.3, -0.25) is 0 Å². The van der Waals surface area contributed by atoms with Gasteiger partial charge >= 0.3 is 0 Å². The Morgan fingerprint density at radius 3 is 2.76 bits per heavy atom. The number of benzene rings is 1. The largest absolute Gasteiger partial charge is 0.459 e. The number of hydrogen-bond donors (Lipinski definition) is 1. The fourth-order valence-corrected chi connectivity index (χ4v) is 2.43. The van der Waals surface area contributed by atoms with Crippen molar-refractivity contribution in [3.8, 4) is 11.3 Å². The van der Waals surface area contributed by atoms with Crippen LogP contribution in [0.4, 0.5) is 0 Å². The Balaban J connectivity index is 2.29. The SMILES string of the molecule is CCC(NC)c1ccc(-c2cccc(I)c2)o1. The second kappa shape index (κ2) is 5.69. The lowest BCUT2D eigenvalue weighted by atomic mass is 10.1. The number of nitrogens with one attached hydrogen (secondary N) is 1. The molecule has 3 heteroatoms. The van der Waals surface area contributed by atoms with Gasteiger partial charge in [0.25, 0.3) is 0 Å². The first kappa shape index (κ1) is 12.6. The summed E-state index contributed by atoms with van der Waals surface area (Å²) in [6.45, 7) is 2.15. The first-order valence-corrected chi connectivity index (χ1v) is 6.85. The van der Waals surface area contributed by atoms with E-state index in [-0.39, 0.29) is 0 Å². The van der Waals surface area contributed by atoms with E-state index < -0.39 is 0 Å². The maximum absolute atomic E-state index is 5.90. The molecule has 17 heavy (non-hydrogen) atoms. The summed E-state index contributed by atoms with van der Waals surface area (Å²) in [5.41, 5.74) is 1.13. The van der Waals surface area contributed by atoms with E-state index in [1.807, 2.05) is 13.1 Å². The van der Waals surface area contributed by atoms with Gasteiger partial charge in [-0.2, -0.15) is 0 Å². The van der Waals surface area contributed by atoms with Crippen LogP contribution in [0.15, 0.2) is 40.8 Å². The van der Waals surface area contributed by atoms with E-state index in [9.17, 15) is 0 Å². The minimum atomic E-state index is 0.298. The van der Waals surface area contributed by atoms with E-state index >= 15 is 0 Å². The van der Waals surface area contributed by atoms with Crippen LogP contribution < -0.4 is 5.32 Å². The van der Waals surface area contributed by atoms with E-state index in [4.69, 9.17) is 4.42 Å². The van der Waals surface area contributed by atoms with Crippen LogP contribution in [0.2, 0.25) is 0 Å². The van der Waals surface area contributed by atoms with Gasteiger partial charge in [-0.15, -0.1) is 0 Å². The van der Waals surface area contributed by atoms with Gasteiger partial charge in [0, 0.05) is 9.13 Å². The Morgan fingerprint density at radius 2 is 2.12 bits per heavy atom. The summed E-state index contributed by atoms with van der Waals surface area (Å²) in [4.78, 5) is 0. The van der Waals surface area contributed by atoms with Crippen LogP contribution in [0, 0.1) is 3.57 Å². The molecule has 0 spiro atoms. The van der Waals surface area contributed by atoms with Gasteiger partial charge < -0.3 is 9.73 Å². The Morgan fingerprint density at radius 1 is 1.29 bits per heavy atom. The maximum Gasteiger partial charge on any atom is 0.134 e. The Bertz CT molecular complexity index is 488. The monoisotopic (exact) mass is 341 g/mol. The zero-order valence-corrected chi connectivity index (χ0v) is 12.2. The third-order valence-corrected chi connectivity index (χ3v) is 3.51. The van der Waals surface area contributed by atoms with Gasteiger partial charge in [0.2, 0.25) is 0 Å². The van der Waals surface area contributed by atoms with Crippen molar-refractivity contribution in [2.24, 2.45) is 0 Å². The molecule has 0 radical (unpaired) electrons. The van der Waals surface area contributed by atoms with Crippen LogP contribution in [0.1, 0.15) is 25.1 Å². The predicted molar refractivity (Wildman–Crippen MR) is 79.0 cm³/mol. The molecule has 0 saturated carbocycles. The van der Waals surface area contributed by atoms with Crippen LogP contribution in [0.5, 0.6) is 0 Å². The molecule has 1 aromatic heterocycles. The van der Waals surface area contributed by atoms with Gasteiger partial charge in [0.15, 0.2) is 0 Å². The van der Waals surface area contributed by atoms with Gasteiger partial charge in [0.05, 0.1) is 6.04 Å². The van der Waals surface area contributed by atoms with Crippen molar-refractivity contribution >= 4 is 22.6 Å². The highest BCUT2D eigenvalue weighted by molar-refractivity contribution is 14.1. The van der Waals surface area contributed by atoms with Crippen molar-refractivity contribution in [1.29, 1.82) is 0 Å². The molecule has 0 aliphatic rings. The molecular weight excluding hydrogens is 325 g/mol. The summed E-state index contributed by atoms with van der Waals surface area (Å²) in [5, 5.41) is 3.25. The van der Waals surface area contributed by atoms with E-state index in [0.717, 1.165) is 23.5 Å². The third-order valence-electron chi connectivity index (χ3n) is 2.84. The predicted octanol–water partition coefficient (Wildman–Crippen LogP) is 4.22. The fourth-order valence-electron chi connectivity index (χ4n) is 1.88. The molecule has 0 aliphatic carbocycles. The molecule has 1 atom stereocenters. The highest BCUT2D eigenvalue weighted by Gasteiger charge is 2.12. The highest BCUT2D eigenvalue weighted by atomic mass is 127. The summed E-state index contributed by atoms with van der Waals surface area (Å²) in [5.74, 6) is 1.94. The Labute approximate surface area is 116 Å². The van der Waals surface area contributed by atoms with Crippen LogP contribution >= 0.6 is 22.6 Å². The maximum atomic E-state index is 5.90. The van der Waals surface area contributed by atoms with E-state index in [1.54, 1.807) is 0 Å². The summed E-state index contributed by atoms with van der Waals surface area (Å²) >= 11 is 2.31. The second-order valence-electron chi connectivity index (χ2n) is 3.96. The first-order chi connectivity index (χ1) is 8.24. The number of hydrogen-bond acceptors (Lipinski definition) is 2. The third kappa shape index (κ3) is 2.90. The van der Waals surface area contributed by atoms with E-state index in [2.05, 4.69) is 65.2 Å². The molecule has 2 nitrogen and oxygen atoms in total. The summed E-state index contributed by atoms with van der Waals surface area (Å²) in [6, 6.07) is 12.7. The van der Waals surface area contributed by atoms with Gasteiger partial charge in [-0.1, -0.05) is 19.1 Å². The van der Waals surface area contributed by atoms with Crippen molar-refractivity contribution in [2.45, 2.75) is 19.4 Å². The zero-order valence-electron chi connectivity index (χ0n) is 10.0. The van der Waals surface area contributed by atoms with Crippen molar-refractivity contribution in [1.82, 2.24) is 5.32 Å². The van der Waals surface area contributed by atoms with Gasteiger partial charge in [0.1, 0.15) is 11.5 Å². The van der Waals surface area contributed by atoms with Crippen LogP contribution in [-0.2, 0) is 0 Å². The highest BCUT2D eigenvalue weighted by Crippen LogP contribution is 2.27. The minimum Gasteiger partial charge on any atom is -0.459 e. The van der Waals surface area contributed by atoms with Crippen LogP contribution in [0.25, 0.3) is 11.3 Å². The number of furan rings is 1. The molecule has 0 fully saturated rings. The molecule has 2 rings (SSSR count). The normalized spacial score (nSPS) is 12.6. The Kier molecular flexibility index (Phi) is 4.23. The zero-order chi connectivity index (χ0) is 12.3. The molecule has 1 aromatic carbocycles. The lowest BCUT2D eigenvalue weighted by Crippen LogP contribution is -2.14. The first-order valence-electron chi connectivity index (χ1n) is 5.77. The molecule has 0 amide bonds. The summed E-state index contributed by atoms with van der Waals surface area (Å²) in [6.07, 6.45) is 1.02. The van der Waals surface area contributed by atoms with Crippen LogP contribution in [0.3, 0.4) is 0 Å². The fraction of sp³-hybridized carbons (Fsp3) is 0.286. The molecule has 0 bridgehead atoms. The van der Waals surface area contributed by atoms with E-state index in [0.29, 0.717) is 6.04 Å². The molecular formula is C14H16INO. The number of halogens is 1. The smallest absolute Gasteiger partial charge is 0.134 e. The lowest BCUT2D eigenvalue weighted by molar-refractivity contribution is 0.431. The second-order valence-corrected chi connectivity index (χ2v) is 5.21. The average Bonchev–Trinajstić information content (AvgIpc) is 2.80. The molecule has 0 aliphatic heterocycles. The summed E-state index contributed by atoms with van der Waals surface area (Å²) < 4.78 is 7.12. The van der Waals surface area contributed by atoms with Crippen molar-refractivity contribution in [3.63, 3.8) is 0 Å². The molecule has 0 saturated heterocycles. The topological polar surface area (TPSA) is 25.2 Å². The molecule has 90 valence electrons. The quantitative estimate of drug-likeness (QED) is 0.843. The minimum absolute atomic E-state index is 0.298. The molecule has 1 N–H and O–H groups in total. The molecule has 1 heterocycles. The van der Waals surface area contributed by atoms with Crippen molar-refractivity contribution in [3.05, 3.63) is 45.7 Å². The lowest BCUT2D eigenvalue weighted by Gasteiger charge is -2.09. The molecule has 1 unspecified atom stereocenters. The Hall–Kier alpha value is -0.810. The van der Waals surface area contributed by atoms with Gasteiger partial charge in [-0.05, 0) is 60.3 Å². The van der Waals surface area contributed by atoms with Crippen molar-refractivity contribution < 1.29 is 4.42 Å². The average molecular weight is 341 g/mol. The van der Waals surface area contributed by atoms with Crippen molar-refractivity contribution in [2.75, 3.05) is 7.05 Å². The summed E-state index contributed by atoms with van der Waals surface area (Å²) in [7, 11) is 1.96. The number of rotatable bonds is 4. The van der Waals surface area contributed by atoms with Crippen LogP contribution in [-0.4, -0.2) is 7.05 Å².